The highest BCUT2D eigenvalue weighted by molar-refractivity contribution is 7.14. The first-order valence-electron chi connectivity index (χ1n) is 8.96. The molecule has 4 rings (SSSR count). The number of rotatable bonds is 4. The van der Waals surface area contributed by atoms with Crippen molar-refractivity contribution < 1.29 is 9.53 Å². The number of carbonyl (C=O) groups is 1. The van der Waals surface area contributed by atoms with Crippen molar-refractivity contribution in [1.82, 2.24) is 10.3 Å². The molecule has 1 atom stereocenters. The Kier molecular flexibility index (Phi) is 5.10. The minimum absolute atomic E-state index is 0.0191. The number of amides is 1. The summed E-state index contributed by atoms with van der Waals surface area (Å²) in [6, 6.07) is 6.73. The van der Waals surface area contributed by atoms with Gasteiger partial charge < -0.3 is 15.4 Å². The SMILES string of the molecule is O=C(CC1COCCN1)Nc1nc(-c2ccc3c(c2)CCCC3)cs1. The van der Waals surface area contributed by atoms with Crippen molar-refractivity contribution in [2.75, 3.05) is 25.1 Å². The van der Waals surface area contributed by atoms with Crippen LogP contribution in [0, 0.1) is 0 Å². The third-order valence-electron chi connectivity index (χ3n) is 4.83. The highest BCUT2D eigenvalue weighted by Gasteiger charge is 2.18. The van der Waals surface area contributed by atoms with Gasteiger partial charge in [-0.25, -0.2) is 4.98 Å². The molecular weight excluding hydrogens is 334 g/mol. The van der Waals surface area contributed by atoms with Crippen LogP contribution in [0.1, 0.15) is 30.4 Å². The summed E-state index contributed by atoms with van der Waals surface area (Å²) >= 11 is 1.48. The number of thiazole rings is 1. The van der Waals surface area contributed by atoms with Crippen LogP contribution in [0.5, 0.6) is 0 Å². The average molecular weight is 357 g/mol. The summed E-state index contributed by atoms with van der Waals surface area (Å²) in [5, 5.41) is 8.89. The summed E-state index contributed by atoms with van der Waals surface area (Å²) in [6.45, 7) is 2.11. The molecule has 1 aliphatic heterocycles. The Balaban J connectivity index is 1.40. The number of carbonyl (C=O) groups excluding carboxylic acids is 1. The lowest BCUT2D eigenvalue weighted by Gasteiger charge is -2.22. The van der Waals surface area contributed by atoms with Crippen LogP contribution in [0.25, 0.3) is 11.3 Å². The number of nitrogens with zero attached hydrogens (tertiary/aromatic N) is 1. The molecule has 0 radical (unpaired) electrons. The quantitative estimate of drug-likeness (QED) is 0.883. The van der Waals surface area contributed by atoms with E-state index in [0.717, 1.165) is 30.8 Å². The molecule has 25 heavy (non-hydrogen) atoms. The largest absolute Gasteiger partial charge is 0.378 e. The van der Waals surface area contributed by atoms with Gasteiger partial charge in [0.05, 0.1) is 18.9 Å². The zero-order valence-corrected chi connectivity index (χ0v) is 15.0. The number of hydrogen-bond acceptors (Lipinski definition) is 5. The Morgan fingerprint density at radius 3 is 3.04 bits per heavy atom. The van der Waals surface area contributed by atoms with E-state index in [4.69, 9.17) is 4.74 Å². The first kappa shape index (κ1) is 16.7. The minimum atomic E-state index is -0.0191. The Morgan fingerprint density at radius 1 is 1.32 bits per heavy atom. The molecule has 2 N–H and O–H groups in total. The lowest BCUT2D eigenvalue weighted by Crippen LogP contribution is -2.43. The van der Waals surface area contributed by atoms with E-state index in [1.807, 2.05) is 5.38 Å². The maximum atomic E-state index is 12.2. The predicted octanol–water partition coefficient (Wildman–Crippen LogP) is 3.01. The number of anilines is 1. The number of benzene rings is 1. The molecule has 1 saturated heterocycles. The van der Waals surface area contributed by atoms with Gasteiger partial charge in [-0.2, -0.15) is 0 Å². The van der Waals surface area contributed by atoms with Crippen molar-refractivity contribution in [2.24, 2.45) is 0 Å². The molecular formula is C19H23N3O2S. The molecule has 6 heteroatoms. The highest BCUT2D eigenvalue weighted by Crippen LogP contribution is 2.29. The van der Waals surface area contributed by atoms with Gasteiger partial charge in [-0.05, 0) is 42.9 Å². The summed E-state index contributed by atoms with van der Waals surface area (Å²) in [7, 11) is 0. The van der Waals surface area contributed by atoms with Crippen LogP contribution < -0.4 is 10.6 Å². The van der Waals surface area contributed by atoms with Gasteiger partial charge in [0.15, 0.2) is 5.13 Å². The Morgan fingerprint density at radius 2 is 2.20 bits per heavy atom. The number of aryl methyl sites for hydroxylation is 2. The van der Waals surface area contributed by atoms with Crippen molar-refractivity contribution >= 4 is 22.4 Å². The molecule has 2 aliphatic rings. The van der Waals surface area contributed by atoms with Gasteiger partial charge in [0.25, 0.3) is 0 Å². The normalized spacial score (nSPS) is 20.1. The van der Waals surface area contributed by atoms with E-state index in [9.17, 15) is 4.79 Å². The topological polar surface area (TPSA) is 63.2 Å². The summed E-state index contributed by atoms with van der Waals surface area (Å²) < 4.78 is 5.39. The van der Waals surface area contributed by atoms with Gasteiger partial charge in [-0.15, -0.1) is 11.3 Å². The molecule has 1 aliphatic carbocycles. The van der Waals surface area contributed by atoms with Gasteiger partial charge >= 0.3 is 0 Å². The Hall–Kier alpha value is -1.76. The van der Waals surface area contributed by atoms with Crippen molar-refractivity contribution in [2.45, 2.75) is 38.1 Å². The van der Waals surface area contributed by atoms with E-state index < -0.39 is 0 Å². The van der Waals surface area contributed by atoms with Crippen LogP contribution in [0.15, 0.2) is 23.6 Å². The highest BCUT2D eigenvalue weighted by atomic mass is 32.1. The fourth-order valence-electron chi connectivity index (χ4n) is 3.50. The van der Waals surface area contributed by atoms with E-state index in [1.165, 1.54) is 41.7 Å². The van der Waals surface area contributed by atoms with Crippen LogP contribution in [-0.4, -0.2) is 36.7 Å². The number of aromatic nitrogens is 1. The van der Waals surface area contributed by atoms with Gasteiger partial charge in [-0.1, -0.05) is 12.1 Å². The second-order valence-corrected chi connectivity index (χ2v) is 7.56. The van der Waals surface area contributed by atoms with Crippen molar-refractivity contribution in [3.05, 3.63) is 34.7 Å². The fourth-order valence-corrected chi connectivity index (χ4v) is 4.24. The van der Waals surface area contributed by atoms with E-state index >= 15 is 0 Å². The van der Waals surface area contributed by atoms with Crippen LogP contribution >= 0.6 is 11.3 Å². The molecule has 0 bridgehead atoms. The smallest absolute Gasteiger partial charge is 0.227 e. The molecule has 2 heterocycles. The van der Waals surface area contributed by atoms with E-state index in [2.05, 4.69) is 33.8 Å². The molecule has 0 saturated carbocycles. The van der Waals surface area contributed by atoms with Gasteiger partial charge in [0.2, 0.25) is 5.91 Å². The van der Waals surface area contributed by atoms with E-state index in [1.54, 1.807) is 0 Å². The number of hydrogen-bond donors (Lipinski definition) is 2. The van der Waals surface area contributed by atoms with Crippen molar-refractivity contribution in [1.29, 1.82) is 0 Å². The molecule has 5 nitrogen and oxygen atoms in total. The monoisotopic (exact) mass is 357 g/mol. The number of nitrogens with one attached hydrogen (secondary N) is 2. The van der Waals surface area contributed by atoms with Crippen LogP contribution in [-0.2, 0) is 22.4 Å². The van der Waals surface area contributed by atoms with Crippen molar-refractivity contribution in [3.63, 3.8) is 0 Å². The molecule has 1 unspecified atom stereocenters. The summed E-state index contributed by atoms with van der Waals surface area (Å²) in [5.41, 5.74) is 5.00. The molecule has 0 spiro atoms. The molecule has 132 valence electrons. The first-order valence-corrected chi connectivity index (χ1v) is 9.84. The van der Waals surface area contributed by atoms with Crippen LogP contribution in [0.2, 0.25) is 0 Å². The van der Waals surface area contributed by atoms with E-state index in [0.29, 0.717) is 18.2 Å². The third-order valence-corrected chi connectivity index (χ3v) is 5.58. The standard InChI is InChI=1S/C19H23N3O2S/c23-18(10-16-11-24-8-7-20-16)22-19-21-17(12-25-19)15-6-5-13-3-1-2-4-14(13)9-15/h5-6,9,12,16,20H,1-4,7-8,10-11H2,(H,21,22,23). The molecule has 1 amide bonds. The van der Waals surface area contributed by atoms with Gasteiger partial charge in [0, 0.05) is 30.0 Å². The molecule has 1 fully saturated rings. The number of fused-ring (bicyclic) bond motifs is 1. The zero-order valence-electron chi connectivity index (χ0n) is 14.2. The molecule has 2 aromatic rings. The summed E-state index contributed by atoms with van der Waals surface area (Å²) in [4.78, 5) is 16.8. The second kappa shape index (κ2) is 7.64. The summed E-state index contributed by atoms with van der Waals surface area (Å²) in [6.07, 6.45) is 5.32. The molecule has 1 aromatic heterocycles. The third kappa shape index (κ3) is 4.08. The predicted molar refractivity (Wildman–Crippen MR) is 100 cm³/mol. The van der Waals surface area contributed by atoms with E-state index in [-0.39, 0.29) is 11.9 Å². The number of morpholine rings is 1. The lowest BCUT2D eigenvalue weighted by molar-refractivity contribution is -0.117. The Labute approximate surface area is 151 Å². The van der Waals surface area contributed by atoms with Crippen molar-refractivity contribution in [3.8, 4) is 11.3 Å². The minimum Gasteiger partial charge on any atom is -0.378 e. The zero-order chi connectivity index (χ0) is 17.1. The first-order chi connectivity index (χ1) is 12.3. The van der Waals surface area contributed by atoms with Crippen LogP contribution in [0.3, 0.4) is 0 Å². The lowest BCUT2D eigenvalue weighted by atomic mass is 9.90. The van der Waals surface area contributed by atoms with Gasteiger partial charge in [-0.3, -0.25) is 4.79 Å². The maximum Gasteiger partial charge on any atom is 0.227 e. The van der Waals surface area contributed by atoms with Crippen LogP contribution in [0.4, 0.5) is 5.13 Å². The molecule has 1 aromatic carbocycles. The number of ether oxygens (including phenoxy) is 1. The maximum absolute atomic E-state index is 12.2. The van der Waals surface area contributed by atoms with Gasteiger partial charge in [0.1, 0.15) is 0 Å². The summed E-state index contributed by atoms with van der Waals surface area (Å²) in [5.74, 6) is -0.0191. The average Bonchev–Trinajstić information content (AvgIpc) is 3.10. The Bertz CT molecular complexity index is 753. The fraction of sp³-hybridized carbons (Fsp3) is 0.474. The second-order valence-electron chi connectivity index (χ2n) is 6.71.